The van der Waals surface area contributed by atoms with Crippen LogP contribution in [0.25, 0.3) is 0 Å². The van der Waals surface area contributed by atoms with Crippen LogP contribution < -0.4 is 15.5 Å². The van der Waals surface area contributed by atoms with Gasteiger partial charge in [0.2, 0.25) is 11.9 Å². The van der Waals surface area contributed by atoms with Gasteiger partial charge in [-0.2, -0.15) is 0 Å². The molecule has 0 radical (unpaired) electrons. The Labute approximate surface area is 146 Å². The van der Waals surface area contributed by atoms with Gasteiger partial charge in [-0.3, -0.25) is 9.59 Å². The molecule has 1 aromatic carbocycles. The fourth-order valence-corrected chi connectivity index (χ4v) is 2.76. The highest BCUT2D eigenvalue weighted by atomic mass is 16.2. The number of amides is 2. The first-order valence-electron chi connectivity index (χ1n) is 8.39. The van der Waals surface area contributed by atoms with E-state index < -0.39 is 0 Å². The zero-order chi connectivity index (χ0) is 17.6. The predicted octanol–water partition coefficient (Wildman–Crippen LogP) is 2.68. The van der Waals surface area contributed by atoms with Crippen LogP contribution in [-0.4, -0.2) is 34.9 Å². The number of rotatable bonds is 4. The summed E-state index contributed by atoms with van der Waals surface area (Å²) >= 11 is 0. The van der Waals surface area contributed by atoms with Crippen molar-refractivity contribution < 1.29 is 9.59 Å². The van der Waals surface area contributed by atoms with E-state index in [1.54, 1.807) is 36.5 Å². The summed E-state index contributed by atoms with van der Waals surface area (Å²) in [7, 11) is 0. The molecule has 0 saturated carbocycles. The van der Waals surface area contributed by atoms with Crippen LogP contribution in [0.3, 0.4) is 0 Å². The Balaban J connectivity index is 1.67. The zero-order valence-corrected chi connectivity index (χ0v) is 14.2. The van der Waals surface area contributed by atoms with E-state index in [1.165, 1.54) is 13.3 Å². The molecule has 1 aromatic heterocycles. The molecule has 1 aliphatic heterocycles. The lowest BCUT2D eigenvalue weighted by atomic mass is 10.1. The maximum atomic E-state index is 12.4. The van der Waals surface area contributed by atoms with E-state index in [2.05, 4.69) is 25.5 Å². The third-order valence-electron chi connectivity index (χ3n) is 3.98. The molecule has 0 bridgehead atoms. The molecule has 2 aromatic rings. The van der Waals surface area contributed by atoms with Gasteiger partial charge in [0.25, 0.3) is 5.91 Å². The highest BCUT2D eigenvalue weighted by Gasteiger charge is 2.16. The standard InChI is InChI=1S/C18H21N5O2/c1-13(24)20-14-5-7-15(8-6-14)21-17(25)16-9-10-19-18(22-16)23-11-3-2-4-12-23/h5-10H,2-4,11-12H2,1H3,(H,20,24)(H,21,25). The van der Waals surface area contributed by atoms with E-state index >= 15 is 0 Å². The molecule has 1 aliphatic rings. The molecular formula is C18H21N5O2. The number of nitrogens with zero attached hydrogens (tertiary/aromatic N) is 3. The monoisotopic (exact) mass is 339 g/mol. The maximum Gasteiger partial charge on any atom is 0.274 e. The summed E-state index contributed by atoms with van der Waals surface area (Å²) in [5.74, 6) is 0.185. The number of piperidine rings is 1. The topological polar surface area (TPSA) is 87.2 Å². The summed E-state index contributed by atoms with van der Waals surface area (Å²) in [6, 6.07) is 8.53. The van der Waals surface area contributed by atoms with Crippen molar-refractivity contribution in [3.8, 4) is 0 Å². The lowest BCUT2D eigenvalue weighted by molar-refractivity contribution is -0.114. The third-order valence-corrected chi connectivity index (χ3v) is 3.98. The fourth-order valence-electron chi connectivity index (χ4n) is 2.76. The first kappa shape index (κ1) is 16.9. The van der Waals surface area contributed by atoms with Crippen molar-refractivity contribution >= 4 is 29.1 Å². The molecular weight excluding hydrogens is 318 g/mol. The van der Waals surface area contributed by atoms with Crippen molar-refractivity contribution in [1.82, 2.24) is 9.97 Å². The molecule has 0 atom stereocenters. The number of benzene rings is 1. The Morgan fingerprint density at radius 2 is 1.60 bits per heavy atom. The van der Waals surface area contributed by atoms with Crippen LogP contribution in [0, 0.1) is 0 Å². The molecule has 3 rings (SSSR count). The van der Waals surface area contributed by atoms with E-state index in [-0.39, 0.29) is 11.8 Å². The molecule has 7 nitrogen and oxygen atoms in total. The van der Waals surface area contributed by atoms with Crippen LogP contribution in [0.4, 0.5) is 17.3 Å². The molecule has 25 heavy (non-hydrogen) atoms. The van der Waals surface area contributed by atoms with Gasteiger partial charge in [0.05, 0.1) is 0 Å². The van der Waals surface area contributed by atoms with Crippen molar-refractivity contribution in [2.45, 2.75) is 26.2 Å². The molecule has 0 unspecified atom stereocenters. The number of aromatic nitrogens is 2. The lowest BCUT2D eigenvalue weighted by Gasteiger charge is -2.26. The van der Waals surface area contributed by atoms with Gasteiger partial charge in [0.15, 0.2) is 0 Å². The molecule has 0 aliphatic carbocycles. The zero-order valence-electron chi connectivity index (χ0n) is 14.2. The third kappa shape index (κ3) is 4.53. The van der Waals surface area contributed by atoms with Gasteiger partial charge in [-0.05, 0) is 49.6 Å². The van der Waals surface area contributed by atoms with Crippen molar-refractivity contribution in [1.29, 1.82) is 0 Å². The maximum absolute atomic E-state index is 12.4. The Hall–Kier alpha value is -2.96. The van der Waals surface area contributed by atoms with E-state index in [1.807, 2.05) is 0 Å². The van der Waals surface area contributed by atoms with Gasteiger partial charge in [-0.15, -0.1) is 0 Å². The number of anilines is 3. The van der Waals surface area contributed by atoms with E-state index in [0.717, 1.165) is 25.9 Å². The summed E-state index contributed by atoms with van der Waals surface area (Å²) in [5, 5.41) is 5.49. The SMILES string of the molecule is CC(=O)Nc1ccc(NC(=O)c2ccnc(N3CCCCC3)n2)cc1. The van der Waals surface area contributed by atoms with Crippen molar-refractivity contribution in [3.05, 3.63) is 42.2 Å². The number of hydrogen-bond donors (Lipinski definition) is 2. The quantitative estimate of drug-likeness (QED) is 0.894. The van der Waals surface area contributed by atoms with Crippen LogP contribution in [-0.2, 0) is 4.79 Å². The second-order valence-corrected chi connectivity index (χ2v) is 6.00. The molecule has 2 heterocycles. The highest BCUT2D eigenvalue weighted by molar-refractivity contribution is 6.03. The van der Waals surface area contributed by atoms with Crippen LogP contribution >= 0.6 is 0 Å². The normalized spacial score (nSPS) is 14.0. The molecule has 1 saturated heterocycles. The van der Waals surface area contributed by atoms with Gasteiger partial charge >= 0.3 is 0 Å². The minimum Gasteiger partial charge on any atom is -0.341 e. The smallest absolute Gasteiger partial charge is 0.274 e. The second-order valence-electron chi connectivity index (χ2n) is 6.00. The molecule has 7 heteroatoms. The number of nitrogens with one attached hydrogen (secondary N) is 2. The van der Waals surface area contributed by atoms with Crippen molar-refractivity contribution in [3.63, 3.8) is 0 Å². The lowest BCUT2D eigenvalue weighted by Crippen LogP contribution is -2.31. The number of carbonyl (C=O) groups excluding carboxylic acids is 2. The van der Waals surface area contributed by atoms with Crippen LogP contribution in [0.5, 0.6) is 0 Å². The summed E-state index contributed by atoms with van der Waals surface area (Å²) in [6.07, 6.45) is 5.09. The Morgan fingerprint density at radius 3 is 2.24 bits per heavy atom. The first-order chi connectivity index (χ1) is 12.1. The van der Waals surface area contributed by atoms with Gasteiger partial charge in [-0.25, -0.2) is 9.97 Å². The minimum atomic E-state index is -0.284. The first-order valence-corrected chi connectivity index (χ1v) is 8.39. The predicted molar refractivity (Wildman–Crippen MR) is 96.8 cm³/mol. The van der Waals surface area contributed by atoms with Gasteiger partial charge in [0.1, 0.15) is 5.69 Å². The van der Waals surface area contributed by atoms with Crippen molar-refractivity contribution in [2.75, 3.05) is 28.6 Å². The minimum absolute atomic E-state index is 0.136. The van der Waals surface area contributed by atoms with Gasteiger partial charge in [-0.1, -0.05) is 0 Å². The van der Waals surface area contributed by atoms with Crippen LogP contribution in [0.2, 0.25) is 0 Å². The Bertz CT molecular complexity index is 754. The molecule has 2 N–H and O–H groups in total. The summed E-state index contributed by atoms with van der Waals surface area (Å²) in [4.78, 5) is 34.2. The fraction of sp³-hybridized carbons (Fsp3) is 0.333. The summed E-state index contributed by atoms with van der Waals surface area (Å²) < 4.78 is 0. The van der Waals surface area contributed by atoms with E-state index in [9.17, 15) is 9.59 Å². The second kappa shape index (κ2) is 7.74. The number of carbonyl (C=O) groups is 2. The van der Waals surface area contributed by atoms with E-state index in [0.29, 0.717) is 23.0 Å². The summed E-state index contributed by atoms with van der Waals surface area (Å²) in [5.41, 5.74) is 1.65. The molecule has 0 spiro atoms. The van der Waals surface area contributed by atoms with Crippen LogP contribution in [0.1, 0.15) is 36.7 Å². The molecule has 1 fully saturated rings. The van der Waals surface area contributed by atoms with E-state index in [4.69, 9.17) is 0 Å². The van der Waals surface area contributed by atoms with Gasteiger partial charge in [0, 0.05) is 37.6 Å². The molecule has 2 amide bonds. The largest absolute Gasteiger partial charge is 0.341 e. The Morgan fingerprint density at radius 1 is 0.960 bits per heavy atom. The highest BCUT2D eigenvalue weighted by Crippen LogP contribution is 2.17. The van der Waals surface area contributed by atoms with Gasteiger partial charge < -0.3 is 15.5 Å². The number of hydrogen-bond acceptors (Lipinski definition) is 5. The Kier molecular flexibility index (Phi) is 5.23. The van der Waals surface area contributed by atoms with Crippen molar-refractivity contribution in [2.24, 2.45) is 0 Å². The molecule has 130 valence electrons. The summed E-state index contributed by atoms with van der Waals surface area (Å²) in [6.45, 7) is 3.30. The average Bonchev–Trinajstić information content (AvgIpc) is 2.64. The van der Waals surface area contributed by atoms with Crippen LogP contribution in [0.15, 0.2) is 36.5 Å². The average molecular weight is 339 g/mol.